The van der Waals surface area contributed by atoms with E-state index in [2.05, 4.69) is 19.9 Å². The maximum absolute atomic E-state index is 11.1. The van der Waals surface area contributed by atoms with E-state index in [9.17, 15) is 10.4 Å². The van der Waals surface area contributed by atoms with Crippen LogP contribution in [0.3, 0.4) is 0 Å². The third kappa shape index (κ3) is 2.22. The first kappa shape index (κ1) is 12.9. The summed E-state index contributed by atoms with van der Waals surface area (Å²) in [6.07, 6.45) is 9.10. The molecule has 17 heavy (non-hydrogen) atoms. The number of aliphatic hydroxyl groups is 1. The van der Waals surface area contributed by atoms with Gasteiger partial charge in [0.25, 0.3) is 0 Å². The smallest absolute Gasteiger partial charge is 0.0860 e. The van der Waals surface area contributed by atoms with Gasteiger partial charge in [0.15, 0.2) is 0 Å². The van der Waals surface area contributed by atoms with E-state index in [1.807, 2.05) is 0 Å². The van der Waals surface area contributed by atoms with Gasteiger partial charge in [-0.2, -0.15) is 5.26 Å². The molecule has 96 valence electrons. The minimum Gasteiger partial charge on any atom is -0.388 e. The Balaban J connectivity index is 2.26. The highest BCUT2D eigenvalue weighted by molar-refractivity contribution is 5.14. The number of nitrogens with zero attached hydrogens (tertiary/aromatic N) is 1. The number of rotatable bonds is 1. The molecule has 0 aliphatic heterocycles. The predicted molar refractivity (Wildman–Crippen MR) is 68.3 cm³/mol. The molecule has 0 amide bonds. The molecule has 0 aromatic carbocycles. The van der Waals surface area contributed by atoms with E-state index in [0.29, 0.717) is 0 Å². The van der Waals surface area contributed by atoms with Crippen molar-refractivity contribution in [3.63, 3.8) is 0 Å². The van der Waals surface area contributed by atoms with Gasteiger partial charge in [0.2, 0.25) is 0 Å². The minimum atomic E-state index is -0.732. The van der Waals surface area contributed by atoms with Gasteiger partial charge in [0.05, 0.1) is 17.1 Å². The molecule has 1 atom stereocenters. The van der Waals surface area contributed by atoms with Crippen LogP contribution in [0.5, 0.6) is 0 Å². The van der Waals surface area contributed by atoms with Gasteiger partial charge in [-0.1, -0.05) is 39.5 Å². The van der Waals surface area contributed by atoms with Gasteiger partial charge >= 0.3 is 0 Å². The van der Waals surface area contributed by atoms with Crippen molar-refractivity contribution in [2.45, 2.75) is 77.2 Å². The second kappa shape index (κ2) is 4.28. The fourth-order valence-electron chi connectivity index (χ4n) is 4.07. The third-order valence-electron chi connectivity index (χ3n) is 5.03. The van der Waals surface area contributed by atoms with Crippen LogP contribution in [0.25, 0.3) is 0 Å². The molecule has 1 unspecified atom stereocenters. The van der Waals surface area contributed by atoms with Crippen LogP contribution in [0.1, 0.15) is 71.6 Å². The average Bonchev–Trinajstić information content (AvgIpc) is 2.28. The SMILES string of the molecule is CC1(C)CCCC(O)(C2(C#N)CCCCC2)C1. The van der Waals surface area contributed by atoms with Crippen LogP contribution in [0.4, 0.5) is 0 Å². The highest BCUT2D eigenvalue weighted by atomic mass is 16.3. The molecule has 0 heterocycles. The maximum Gasteiger partial charge on any atom is 0.0860 e. The summed E-state index contributed by atoms with van der Waals surface area (Å²) in [5, 5.41) is 20.7. The van der Waals surface area contributed by atoms with E-state index < -0.39 is 11.0 Å². The van der Waals surface area contributed by atoms with E-state index in [4.69, 9.17) is 0 Å². The molecule has 2 fully saturated rings. The molecular formula is C15H25NO. The van der Waals surface area contributed by atoms with Gasteiger partial charge in [-0.05, 0) is 37.5 Å². The lowest BCUT2D eigenvalue weighted by molar-refractivity contribution is -0.124. The van der Waals surface area contributed by atoms with E-state index >= 15 is 0 Å². The highest BCUT2D eigenvalue weighted by Gasteiger charge is 2.54. The van der Waals surface area contributed by atoms with Crippen LogP contribution in [-0.2, 0) is 0 Å². The summed E-state index contributed by atoms with van der Waals surface area (Å²) in [4.78, 5) is 0. The molecule has 2 nitrogen and oxygen atoms in total. The third-order valence-corrected chi connectivity index (χ3v) is 5.03. The van der Waals surface area contributed by atoms with Crippen LogP contribution in [0.2, 0.25) is 0 Å². The highest BCUT2D eigenvalue weighted by Crippen LogP contribution is 2.54. The predicted octanol–water partition coefficient (Wildman–Crippen LogP) is 3.79. The van der Waals surface area contributed by atoms with Crippen molar-refractivity contribution in [2.24, 2.45) is 10.8 Å². The Kier molecular flexibility index (Phi) is 3.25. The molecule has 2 aliphatic carbocycles. The van der Waals surface area contributed by atoms with Crippen LogP contribution in [-0.4, -0.2) is 10.7 Å². The zero-order valence-corrected chi connectivity index (χ0v) is 11.3. The molecular weight excluding hydrogens is 210 g/mol. The van der Waals surface area contributed by atoms with Gasteiger partial charge in [-0.15, -0.1) is 0 Å². The fraction of sp³-hybridized carbons (Fsp3) is 0.933. The zero-order chi connectivity index (χ0) is 12.6. The number of hydrogen-bond donors (Lipinski definition) is 1. The monoisotopic (exact) mass is 235 g/mol. The van der Waals surface area contributed by atoms with Crippen molar-refractivity contribution in [3.8, 4) is 6.07 Å². The van der Waals surface area contributed by atoms with Crippen molar-refractivity contribution in [2.75, 3.05) is 0 Å². The van der Waals surface area contributed by atoms with E-state index in [1.54, 1.807) is 0 Å². The Bertz CT molecular complexity index is 322. The second-order valence-electron chi connectivity index (χ2n) is 6.98. The van der Waals surface area contributed by atoms with Crippen LogP contribution in [0.15, 0.2) is 0 Å². The standard InChI is InChI=1S/C15H25NO/c1-13(2)7-6-10-15(17,11-13)14(12-16)8-4-3-5-9-14/h17H,3-11H2,1-2H3. The van der Waals surface area contributed by atoms with Crippen molar-refractivity contribution in [3.05, 3.63) is 0 Å². The molecule has 0 radical (unpaired) electrons. The Morgan fingerprint density at radius 1 is 0.941 bits per heavy atom. The molecule has 0 spiro atoms. The van der Waals surface area contributed by atoms with Gasteiger partial charge < -0.3 is 5.11 Å². The molecule has 0 bridgehead atoms. The van der Waals surface area contributed by atoms with Crippen molar-refractivity contribution in [1.82, 2.24) is 0 Å². The van der Waals surface area contributed by atoms with E-state index in [1.165, 1.54) is 12.8 Å². The summed E-state index contributed by atoms with van der Waals surface area (Å²) < 4.78 is 0. The Morgan fingerprint density at radius 3 is 2.12 bits per heavy atom. The Hall–Kier alpha value is -0.550. The largest absolute Gasteiger partial charge is 0.388 e. The minimum absolute atomic E-state index is 0.189. The first-order valence-corrected chi connectivity index (χ1v) is 7.07. The molecule has 0 aromatic rings. The summed E-state index contributed by atoms with van der Waals surface area (Å²) in [5.74, 6) is 0. The fourth-order valence-corrected chi connectivity index (χ4v) is 4.07. The Morgan fingerprint density at radius 2 is 1.59 bits per heavy atom. The Labute approximate surface area is 105 Å². The van der Waals surface area contributed by atoms with Crippen molar-refractivity contribution >= 4 is 0 Å². The van der Waals surface area contributed by atoms with E-state index in [-0.39, 0.29) is 5.41 Å². The maximum atomic E-state index is 11.1. The first-order chi connectivity index (χ1) is 7.93. The van der Waals surface area contributed by atoms with Gasteiger partial charge in [-0.3, -0.25) is 0 Å². The van der Waals surface area contributed by atoms with Gasteiger partial charge in [0, 0.05) is 0 Å². The molecule has 0 saturated heterocycles. The lowest BCUT2D eigenvalue weighted by Gasteiger charge is -2.51. The summed E-state index contributed by atoms with van der Waals surface area (Å²) >= 11 is 0. The normalized spacial score (nSPS) is 36.1. The molecule has 2 aliphatic rings. The molecule has 2 rings (SSSR count). The number of hydrogen-bond acceptors (Lipinski definition) is 2. The first-order valence-electron chi connectivity index (χ1n) is 7.07. The number of nitriles is 1. The summed E-state index contributed by atoms with van der Waals surface area (Å²) in [6.45, 7) is 4.45. The average molecular weight is 235 g/mol. The molecule has 0 aromatic heterocycles. The lowest BCUT2D eigenvalue weighted by Crippen LogP contribution is -2.53. The molecule has 1 N–H and O–H groups in total. The zero-order valence-electron chi connectivity index (χ0n) is 11.3. The summed E-state index contributed by atoms with van der Waals surface area (Å²) in [5.41, 5.74) is -0.999. The van der Waals surface area contributed by atoms with Crippen molar-refractivity contribution in [1.29, 1.82) is 5.26 Å². The molecule has 2 saturated carbocycles. The topological polar surface area (TPSA) is 44.0 Å². The van der Waals surface area contributed by atoms with Gasteiger partial charge in [0.1, 0.15) is 0 Å². The van der Waals surface area contributed by atoms with E-state index in [0.717, 1.165) is 44.9 Å². The summed E-state index contributed by atoms with van der Waals surface area (Å²) in [6, 6.07) is 2.52. The van der Waals surface area contributed by atoms with Gasteiger partial charge in [-0.25, -0.2) is 0 Å². The lowest BCUT2D eigenvalue weighted by atomic mass is 9.55. The van der Waals surface area contributed by atoms with Crippen LogP contribution >= 0.6 is 0 Å². The quantitative estimate of drug-likeness (QED) is 0.751. The van der Waals surface area contributed by atoms with Crippen molar-refractivity contribution < 1.29 is 5.11 Å². The molecule has 2 heteroatoms. The second-order valence-corrected chi connectivity index (χ2v) is 6.98. The van der Waals surface area contributed by atoms with Crippen LogP contribution < -0.4 is 0 Å². The van der Waals surface area contributed by atoms with Crippen LogP contribution in [0, 0.1) is 22.2 Å². The summed E-state index contributed by atoms with van der Waals surface area (Å²) in [7, 11) is 0.